The lowest BCUT2D eigenvalue weighted by Gasteiger charge is -2.08. The van der Waals surface area contributed by atoms with Crippen LogP contribution in [0.25, 0.3) is 0 Å². The Morgan fingerprint density at radius 3 is 2.64 bits per heavy atom. The van der Waals surface area contributed by atoms with Gasteiger partial charge in [0.15, 0.2) is 0 Å². The summed E-state index contributed by atoms with van der Waals surface area (Å²) < 4.78 is 9.93. The molecule has 1 aromatic rings. The molecule has 0 atom stereocenters. The van der Waals surface area contributed by atoms with E-state index in [1.165, 1.54) is 12.5 Å². The number of carbonyl (C=O) groups excluding carboxylic acids is 1. The van der Waals surface area contributed by atoms with E-state index in [9.17, 15) is 4.79 Å². The molecule has 3 heteroatoms. The number of hydrogen-bond acceptors (Lipinski definition) is 3. The fraction of sp³-hybridized carbons (Fsp3) is 0.364. The smallest absolute Gasteiger partial charge is 0.305 e. The molecule has 0 radical (unpaired) electrons. The molecule has 14 heavy (non-hydrogen) atoms. The van der Waals surface area contributed by atoms with Gasteiger partial charge in [0.05, 0.1) is 0 Å². The van der Waals surface area contributed by atoms with Gasteiger partial charge in [-0.2, -0.15) is 0 Å². The molecule has 0 saturated carbocycles. The van der Waals surface area contributed by atoms with Crippen LogP contribution in [0.15, 0.2) is 18.2 Å². The normalized spacial score (nSPS) is 9.64. The molecule has 0 aromatic heterocycles. The number of ether oxygens (including phenoxy) is 2. The summed E-state index contributed by atoms with van der Waals surface area (Å²) in [5.41, 5.74) is 2.22. The number of carbonyl (C=O) groups is 1. The molecule has 0 spiro atoms. The van der Waals surface area contributed by atoms with Gasteiger partial charge in [-0.05, 0) is 25.5 Å². The molecule has 0 aliphatic heterocycles. The Kier molecular flexibility index (Phi) is 3.51. The minimum Gasteiger partial charge on any atom is -0.457 e. The van der Waals surface area contributed by atoms with Crippen LogP contribution in [-0.4, -0.2) is 12.8 Å². The van der Waals surface area contributed by atoms with Gasteiger partial charge in [0.1, 0.15) is 5.75 Å². The van der Waals surface area contributed by atoms with E-state index in [0.29, 0.717) is 0 Å². The lowest BCUT2D eigenvalue weighted by atomic mass is 10.1. The highest BCUT2D eigenvalue weighted by atomic mass is 16.7. The van der Waals surface area contributed by atoms with Crippen LogP contribution in [0.3, 0.4) is 0 Å². The summed E-state index contributed by atoms with van der Waals surface area (Å²) in [6.07, 6.45) is 0. The van der Waals surface area contributed by atoms with Crippen molar-refractivity contribution in [3.05, 3.63) is 29.3 Å². The Hall–Kier alpha value is -1.51. The van der Waals surface area contributed by atoms with Crippen molar-refractivity contribution >= 4 is 5.97 Å². The van der Waals surface area contributed by atoms with Gasteiger partial charge in [0.25, 0.3) is 0 Å². The van der Waals surface area contributed by atoms with Crippen LogP contribution in [0.4, 0.5) is 0 Å². The number of benzene rings is 1. The van der Waals surface area contributed by atoms with E-state index < -0.39 is 0 Å². The zero-order valence-corrected chi connectivity index (χ0v) is 8.66. The standard InChI is InChI=1S/C11H14O3/c1-8-4-5-11(9(2)6-8)14-7-13-10(3)12/h4-6H,7H2,1-3H3. The van der Waals surface area contributed by atoms with Crippen molar-refractivity contribution in [2.75, 3.05) is 6.79 Å². The lowest BCUT2D eigenvalue weighted by Crippen LogP contribution is -2.07. The molecule has 0 aliphatic carbocycles. The predicted molar refractivity (Wildman–Crippen MR) is 53.2 cm³/mol. The molecule has 0 saturated heterocycles. The Balaban J connectivity index is 2.55. The third kappa shape index (κ3) is 3.09. The molecule has 0 bridgehead atoms. The molecule has 1 aromatic carbocycles. The third-order valence-corrected chi connectivity index (χ3v) is 1.81. The van der Waals surface area contributed by atoms with E-state index >= 15 is 0 Å². The second-order valence-corrected chi connectivity index (χ2v) is 3.17. The summed E-state index contributed by atoms with van der Waals surface area (Å²) in [4.78, 5) is 10.5. The van der Waals surface area contributed by atoms with Gasteiger partial charge in [0.2, 0.25) is 6.79 Å². The lowest BCUT2D eigenvalue weighted by molar-refractivity contribution is -0.147. The van der Waals surface area contributed by atoms with E-state index in [-0.39, 0.29) is 12.8 Å². The first kappa shape index (κ1) is 10.6. The van der Waals surface area contributed by atoms with E-state index in [1.54, 1.807) is 0 Å². The minimum absolute atomic E-state index is 0.0285. The zero-order valence-electron chi connectivity index (χ0n) is 8.66. The maximum atomic E-state index is 10.5. The summed E-state index contributed by atoms with van der Waals surface area (Å²) in [5, 5.41) is 0. The van der Waals surface area contributed by atoms with Gasteiger partial charge >= 0.3 is 5.97 Å². The molecule has 0 fully saturated rings. The fourth-order valence-corrected chi connectivity index (χ4v) is 1.14. The Morgan fingerprint density at radius 2 is 2.07 bits per heavy atom. The maximum absolute atomic E-state index is 10.5. The second-order valence-electron chi connectivity index (χ2n) is 3.17. The Labute approximate surface area is 83.6 Å². The predicted octanol–water partition coefficient (Wildman–Crippen LogP) is 2.20. The molecular formula is C11H14O3. The molecule has 0 aliphatic rings. The highest BCUT2D eigenvalue weighted by Gasteiger charge is 1.99. The van der Waals surface area contributed by atoms with Crippen LogP contribution in [0.5, 0.6) is 5.75 Å². The van der Waals surface area contributed by atoms with Crippen molar-refractivity contribution in [1.82, 2.24) is 0 Å². The summed E-state index contributed by atoms with van der Waals surface area (Å²) in [6.45, 7) is 5.30. The number of esters is 1. The van der Waals surface area contributed by atoms with Gasteiger partial charge in [-0.3, -0.25) is 4.79 Å². The van der Waals surface area contributed by atoms with Crippen molar-refractivity contribution in [3.8, 4) is 5.75 Å². The number of aryl methyl sites for hydroxylation is 2. The van der Waals surface area contributed by atoms with E-state index in [4.69, 9.17) is 4.74 Å². The van der Waals surface area contributed by atoms with Crippen molar-refractivity contribution in [2.24, 2.45) is 0 Å². The van der Waals surface area contributed by atoms with E-state index in [1.807, 2.05) is 32.0 Å². The van der Waals surface area contributed by atoms with Crippen LogP contribution >= 0.6 is 0 Å². The summed E-state index contributed by atoms with van der Waals surface area (Å²) in [5.74, 6) is 0.409. The largest absolute Gasteiger partial charge is 0.457 e. The molecule has 1 rings (SSSR count). The Bertz CT molecular complexity index is 331. The first-order valence-electron chi connectivity index (χ1n) is 4.43. The summed E-state index contributed by atoms with van der Waals surface area (Å²) >= 11 is 0. The number of hydrogen-bond donors (Lipinski definition) is 0. The fourth-order valence-electron chi connectivity index (χ4n) is 1.14. The molecule has 0 unspecified atom stereocenters. The molecular weight excluding hydrogens is 180 g/mol. The highest BCUT2D eigenvalue weighted by Crippen LogP contribution is 2.18. The van der Waals surface area contributed by atoms with Crippen molar-refractivity contribution < 1.29 is 14.3 Å². The summed E-state index contributed by atoms with van der Waals surface area (Å²) in [7, 11) is 0. The van der Waals surface area contributed by atoms with Gasteiger partial charge < -0.3 is 9.47 Å². The van der Waals surface area contributed by atoms with Gasteiger partial charge in [-0.25, -0.2) is 0 Å². The molecule has 3 nitrogen and oxygen atoms in total. The molecule has 0 amide bonds. The second kappa shape index (κ2) is 4.65. The van der Waals surface area contributed by atoms with Crippen LogP contribution in [0, 0.1) is 13.8 Å². The monoisotopic (exact) mass is 194 g/mol. The van der Waals surface area contributed by atoms with E-state index in [2.05, 4.69) is 4.74 Å². The van der Waals surface area contributed by atoms with Crippen LogP contribution < -0.4 is 4.74 Å². The first-order chi connectivity index (χ1) is 6.59. The molecule has 0 heterocycles. The first-order valence-corrected chi connectivity index (χ1v) is 4.43. The van der Waals surface area contributed by atoms with Crippen LogP contribution in [0.2, 0.25) is 0 Å². The van der Waals surface area contributed by atoms with Gasteiger partial charge in [-0.1, -0.05) is 17.7 Å². The van der Waals surface area contributed by atoms with Crippen molar-refractivity contribution in [1.29, 1.82) is 0 Å². The molecule has 0 N–H and O–H groups in total. The zero-order chi connectivity index (χ0) is 10.6. The van der Waals surface area contributed by atoms with Crippen molar-refractivity contribution in [2.45, 2.75) is 20.8 Å². The van der Waals surface area contributed by atoms with E-state index in [0.717, 1.165) is 11.3 Å². The minimum atomic E-state index is -0.338. The molecule has 76 valence electrons. The SMILES string of the molecule is CC(=O)OCOc1ccc(C)cc1C. The maximum Gasteiger partial charge on any atom is 0.305 e. The Morgan fingerprint density at radius 1 is 1.36 bits per heavy atom. The average molecular weight is 194 g/mol. The number of rotatable bonds is 3. The average Bonchev–Trinajstić information content (AvgIpc) is 2.08. The quantitative estimate of drug-likeness (QED) is 0.546. The van der Waals surface area contributed by atoms with Crippen molar-refractivity contribution in [3.63, 3.8) is 0 Å². The highest BCUT2D eigenvalue weighted by molar-refractivity contribution is 5.65. The van der Waals surface area contributed by atoms with Gasteiger partial charge in [-0.15, -0.1) is 0 Å². The van der Waals surface area contributed by atoms with Crippen LogP contribution in [0.1, 0.15) is 18.1 Å². The van der Waals surface area contributed by atoms with Crippen LogP contribution in [-0.2, 0) is 9.53 Å². The topological polar surface area (TPSA) is 35.5 Å². The third-order valence-electron chi connectivity index (χ3n) is 1.81. The summed E-state index contributed by atoms with van der Waals surface area (Å²) in [6, 6.07) is 5.84. The van der Waals surface area contributed by atoms with Gasteiger partial charge in [0, 0.05) is 6.92 Å².